The molecule has 0 bridgehead atoms. The summed E-state index contributed by atoms with van der Waals surface area (Å²) < 4.78 is 0. The van der Waals surface area contributed by atoms with Crippen molar-refractivity contribution in [2.24, 2.45) is 5.92 Å². The van der Waals surface area contributed by atoms with Gasteiger partial charge in [-0.3, -0.25) is 9.69 Å². The van der Waals surface area contributed by atoms with E-state index in [2.05, 4.69) is 41.5 Å². The maximum Gasteiger partial charge on any atom is 0.233 e. The molecule has 2 rings (SSSR count). The van der Waals surface area contributed by atoms with E-state index in [0.717, 1.165) is 31.0 Å². The molecule has 0 unspecified atom stereocenters. The molecule has 1 fully saturated rings. The molecule has 1 heterocycles. The summed E-state index contributed by atoms with van der Waals surface area (Å²) in [4.78, 5) is 13.7. The molecule has 0 saturated carbocycles. The number of amides is 1. The molecule has 0 radical (unpaired) electrons. The molecule has 0 aliphatic carbocycles. The lowest BCUT2D eigenvalue weighted by Gasteiger charge is -2.35. The number of nitrogens with one attached hydrogen (secondary N) is 2. The minimum Gasteiger partial charge on any atom is -0.358 e. The van der Waals surface area contributed by atoms with Gasteiger partial charge in [-0.25, -0.2) is 0 Å². The van der Waals surface area contributed by atoms with Crippen LogP contribution in [0.4, 0.5) is 0 Å². The predicted molar refractivity (Wildman–Crippen MR) is 95.7 cm³/mol. The molecule has 23 heavy (non-hydrogen) atoms. The van der Waals surface area contributed by atoms with Crippen LogP contribution in [0.15, 0.2) is 24.3 Å². The second-order valence-electron chi connectivity index (χ2n) is 6.66. The Labute approximate surface area is 144 Å². The Morgan fingerprint density at radius 2 is 1.87 bits per heavy atom. The summed E-state index contributed by atoms with van der Waals surface area (Å²) in [6, 6.07) is 8.98. The Morgan fingerprint density at radius 1 is 1.26 bits per heavy atom. The van der Waals surface area contributed by atoms with E-state index in [-0.39, 0.29) is 5.91 Å². The van der Waals surface area contributed by atoms with Gasteiger partial charge in [0.25, 0.3) is 0 Å². The number of hydrogen-bond donors (Lipinski definition) is 2. The van der Waals surface area contributed by atoms with Gasteiger partial charge in [-0.2, -0.15) is 0 Å². The number of carbonyl (C=O) groups is 1. The third kappa shape index (κ3) is 5.48. The molecule has 0 aromatic heterocycles. The largest absolute Gasteiger partial charge is 0.358 e. The number of benzene rings is 1. The summed E-state index contributed by atoms with van der Waals surface area (Å²) >= 11 is 6.00. The van der Waals surface area contributed by atoms with E-state index in [1.54, 1.807) is 7.05 Å². The molecule has 1 atom stereocenters. The summed E-state index contributed by atoms with van der Waals surface area (Å²) in [5.41, 5.74) is 1.29. The zero-order valence-electron chi connectivity index (χ0n) is 14.3. The summed E-state index contributed by atoms with van der Waals surface area (Å²) in [7, 11) is 1.69. The Hall–Kier alpha value is -1.10. The molecule has 4 nitrogen and oxygen atoms in total. The van der Waals surface area contributed by atoms with Gasteiger partial charge >= 0.3 is 0 Å². The fourth-order valence-corrected chi connectivity index (χ4v) is 3.26. The highest BCUT2D eigenvalue weighted by Crippen LogP contribution is 2.25. The first-order valence-corrected chi connectivity index (χ1v) is 8.82. The predicted octanol–water partition coefficient (Wildman–Crippen LogP) is 2.84. The summed E-state index contributed by atoms with van der Waals surface area (Å²) in [6.07, 6.45) is 2.15. The molecular formula is C18H28ClN3O. The number of halogens is 1. The first kappa shape index (κ1) is 18.2. The second-order valence-corrected chi connectivity index (χ2v) is 7.10. The molecular weight excluding hydrogens is 310 g/mol. The van der Waals surface area contributed by atoms with Gasteiger partial charge in [-0.15, -0.1) is 0 Å². The summed E-state index contributed by atoms with van der Waals surface area (Å²) in [5.74, 6) is 0.609. The molecule has 128 valence electrons. The van der Waals surface area contributed by atoms with Crippen LogP contribution in [0.3, 0.4) is 0 Å². The minimum absolute atomic E-state index is 0.0950. The van der Waals surface area contributed by atoms with E-state index in [1.165, 1.54) is 5.56 Å². The van der Waals surface area contributed by atoms with Crippen molar-refractivity contribution in [1.82, 2.24) is 15.5 Å². The maximum absolute atomic E-state index is 11.5. The first-order chi connectivity index (χ1) is 11.0. The minimum atomic E-state index is 0.0950. The van der Waals surface area contributed by atoms with Gasteiger partial charge in [0.15, 0.2) is 0 Å². The van der Waals surface area contributed by atoms with Crippen LogP contribution < -0.4 is 10.6 Å². The fourth-order valence-electron chi connectivity index (χ4n) is 3.14. The highest BCUT2D eigenvalue weighted by Gasteiger charge is 2.24. The van der Waals surface area contributed by atoms with Crippen LogP contribution in [0.2, 0.25) is 5.02 Å². The maximum atomic E-state index is 11.5. The van der Waals surface area contributed by atoms with Crippen LogP contribution in [0, 0.1) is 5.92 Å². The van der Waals surface area contributed by atoms with E-state index < -0.39 is 0 Å². The van der Waals surface area contributed by atoms with Crippen molar-refractivity contribution in [1.29, 1.82) is 0 Å². The molecule has 1 aliphatic heterocycles. The molecule has 1 aromatic rings. The van der Waals surface area contributed by atoms with Crippen LogP contribution >= 0.6 is 11.6 Å². The number of likely N-dealkylation sites (N-methyl/N-ethyl adjacent to an activating group) is 1. The van der Waals surface area contributed by atoms with Crippen molar-refractivity contribution in [2.75, 3.05) is 26.7 Å². The smallest absolute Gasteiger partial charge is 0.233 e. The van der Waals surface area contributed by atoms with Crippen molar-refractivity contribution in [3.05, 3.63) is 34.9 Å². The average Bonchev–Trinajstić information content (AvgIpc) is 2.54. The zero-order valence-corrected chi connectivity index (χ0v) is 15.1. The monoisotopic (exact) mass is 337 g/mol. The number of piperidine rings is 1. The van der Waals surface area contributed by atoms with Crippen molar-refractivity contribution in [3.63, 3.8) is 0 Å². The van der Waals surface area contributed by atoms with Crippen LogP contribution in [0.25, 0.3) is 0 Å². The second kappa shape index (κ2) is 8.67. The Balaban J connectivity index is 1.90. The summed E-state index contributed by atoms with van der Waals surface area (Å²) in [6.45, 7) is 6.93. The lowest BCUT2D eigenvalue weighted by Crippen LogP contribution is -2.47. The van der Waals surface area contributed by atoms with E-state index in [1.807, 2.05) is 12.1 Å². The first-order valence-electron chi connectivity index (χ1n) is 8.44. The van der Waals surface area contributed by atoms with Crippen LogP contribution in [0.5, 0.6) is 0 Å². The molecule has 0 spiro atoms. The molecule has 1 saturated heterocycles. The molecule has 1 amide bonds. The lowest BCUT2D eigenvalue weighted by atomic mass is 9.93. The van der Waals surface area contributed by atoms with Crippen LogP contribution in [-0.2, 0) is 4.79 Å². The lowest BCUT2D eigenvalue weighted by molar-refractivity contribution is -0.122. The average molecular weight is 338 g/mol. The van der Waals surface area contributed by atoms with Crippen molar-refractivity contribution >= 4 is 17.5 Å². The topological polar surface area (TPSA) is 44.4 Å². The Bertz CT molecular complexity index is 495. The number of carbonyl (C=O) groups excluding carboxylic acids is 1. The van der Waals surface area contributed by atoms with Crippen LogP contribution in [-0.4, -0.2) is 43.5 Å². The van der Waals surface area contributed by atoms with Crippen molar-refractivity contribution < 1.29 is 4.79 Å². The highest BCUT2D eigenvalue weighted by molar-refractivity contribution is 6.30. The Kier molecular flexibility index (Phi) is 6.88. The molecule has 1 aliphatic rings. The van der Waals surface area contributed by atoms with Crippen molar-refractivity contribution in [2.45, 2.75) is 38.8 Å². The van der Waals surface area contributed by atoms with Gasteiger partial charge in [-0.1, -0.05) is 37.6 Å². The Morgan fingerprint density at radius 3 is 2.39 bits per heavy atom. The third-order valence-corrected chi connectivity index (χ3v) is 4.80. The fraction of sp³-hybridized carbons (Fsp3) is 0.611. The van der Waals surface area contributed by atoms with Crippen LogP contribution in [0.1, 0.15) is 38.3 Å². The number of likely N-dealkylation sites (tertiary alicyclic amines) is 1. The van der Waals surface area contributed by atoms with Gasteiger partial charge in [-0.05, 0) is 36.5 Å². The molecule has 2 N–H and O–H groups in total. The quantitative estimate of drug-likeness (QED) is 0.839. The standard InChI is InChI=1S/C18H28ClN3O/c1-13(2)18(14-4-6-15(19)7-5-14)21-16-8-10-22(11-9-16)12-17(23)20-3/h4-7,13,16,18,21H,8-12H2,1-3H3,(H,20,23)/t18-/m1/s1. The number of rotatable bonds is 6. The van der Waals surface area contributed by atoms with E-state index in [9.17, 15) is 4.79 Å². The molecule has 5 heteroatoms. The van der Waals surface area contributed by atoms with E-state index >= 15 is 0 Å². The zero-order chi connectivity index (χ0) is 16.8. The third-order valence-electron chi connectivity index (χ3n) is 4.54. The number of hydrogen-bond acceptors (Lipinski definition) is 3. The van der Waals surface area contributed by atoms with Gasteiger partial charge in [0.2, 0.25) is 5.91 Å². The SMILES string of the molecule is CNC(=O)CN1CCC(N[C@@H](c2ccc(Cl)cc2)C(C)C)CC1. The van der Waals surface area contributed by atoms with Gasteiger partial charge < -0.3 is 10.6 Å². The van der Waals surface area contributed by atoms with Gasteiger partial charge in [0, 0.05) is 37.2 Å². The summed E-state index contributed by atoms with van der Waals surface area (Å²) in [5, 5.41) is 7.27. The van der Waals surface area contributed by atoms with Gasteiger partial charge in [0.05, 0.1) is 6.54 Å². The molecule has 1 aromatic carbocycles. The van der Waals surface area contributed by atoms with E-state index in [4.69, 9.17) is 11.6 Å². The van der Waals surface area contributed by atoms with E-state index in [0.29, 0.717) is 24.5 Å². The number of nitrogens with zero attached hydrogens (tertiary/aromatic N) is 1. The normalized spacial score (nSPS) is 18.1. The van der Waals surface area contributed by atoms with Gasteiger partial charge in [0.1, 0.15) is 0 Å². The highest BCUT2D eigenvalue weighted by atomic mass is 35.5. The van der Waals surface area contributed by atoms with Crippen molar-refractivity contribution in [3.8, 4) is 0 Å².